The summed E-state index contributed by atoms with van der Waals surface area (Å²) < 4.78 is 24.8. The summed E-state index contributed by atoms with van der Waals surface area (Å²) in [6.45, 7) is 3.95. The fourth-order valence-corrected chi connectivity index (χ4v) is 4.93. The summed E-state index contributed by atoms with van der Waals surface area (Å²) in [5.74, 6) is 1.81. The first-order valence-electron chi connectivity index (χ1n) is 5.55. The van der Waals surface area contributed by atoms with E-state index in [-0.39, 0.29) is 11.5 Å². The Hall–Kier alpha value is -0.690. The number of sulfone groups is 1. The molecule has 1 fully saturated rings. The Morgan fingerprint density at radius 2 is 2.35 bits per heavy atom. The van der Waals surface area contributed by atoms with Crippen LogP contribution in [0.4, 0.5) is 5.82 Å². The standard InChI is InChI=1S/C10H17N3O2S2/c1-3-16-9-6-8(11)13(12-9)10(2)4-5-17(14,15)7-10/h6H,3-5,7,11H2,1-2H3. The second-order valence-electron chi connectivity index (χ2n) is 4.59. The summed E-state index contributed by atoms with van der Waals surface area (Å²) in [4.78, 5) is 0. The van der Waals surface area contributed by atoms with Gasteiger partial charge >= 0.3 is 0 Å². The highest BCUT2D eigenvalue weighted by Crippen LogP contribution is 2.33. The first kappa shape index (κ1) is 12.8. The molecular weight excluding hydrogens is 258 g/mol. The molecule has 0 bridgehead atoms. The molecule has 1 aliphatic heterocycles. The first-order valence-corrected chi connectivity index (χ1v) is 8.36. The summed E-state index contributed by atoms with van der Waals surface area (Å²) in [6, 6.07) is 1.81. The Morgan fingerprint density at radius 1 is 1.65 bits per heavy atom. The number of hydrogen-bond donors (Lipinski definition) is 1. The third-order valence-electron chi connectivity index (χ3n) is 3.00. The summed E-state index contributed by atoms with van der Waals surface area (Å²) in [5, 5.41) is 5.27. The zero-order valence-corrected chi connectivity index (χ0v) is 11.6. The van der Waals surface area contributed by atoms with Crippen LogP contribution in [0, 0.1) is 0 Å². The van der Waals surface area contributed by atoms with Crippen molar-refractivity contribution >= 4 is 27.4 Å². The van der Waals surface area contributed by atoms with Gasteiger partial charge in [-0.15, -0.1) is 11.8 Å². The molecule has 2 rings (SSSR count). The Morgan fingerprint density at radius 3 is 2.88 bits per heavy atom. The van der Waals surface area contributed by atoms with Crippen LogP contribution in [0.1, 0.15) is 20.3 Å². The molecule has 0 radical (unpaired) electrons. The van der Waals surface area contributed by atoms with E-state index in [0.717, 1.165) is 10.8 Å². The third-order valence-corrected chi connectivity index (χ3v) is 5.67. The van der Waals surface area contributed by atoms with Gasteiger partial charge in [-0.25, -0.2) is 13.1 Å². The van der Waals surface area contributed by atoms with Gasteiger partial charge in [-0.1, -0.05) is 6.92 Å². The van der Waals surface area contributed by atoms with Crippen LogP contribution in [0.5, 0.6) is 0 Å². The summed E-state index contributed by atoms with van der Waals surface area (Å²) in [7, 11) is -2.95. The molecule has 0 aliphatic carbocycles. The van der Waals surface area contributed by atoms with E-state index in [1.54, 1.807) is 16.4 Å². The molecule has 1 atom stereocenters. The smallest absolute Gasteiger partial charge is 0.152 e. The number of rotatable bonds is 3. The highest BCUT2D eigenvalue weighted by Gasteiger charge is 2.41. The van der Waals surface area contributed by atoms with Crippen LogP contribution in [0.2, 0.25) is 0 Å². The quantitative estimate of drug-likeness (QED) is 0.836. The van der Waals surface area contributed by atoms with Crippen molar-refractivity contribution in [1.29, 1.82) is 0 Å². The Bertz CT molecular complexity index is 524. The van der Waals surface area contributed by atoms with Gasteiger partial charge in [0.05, 0.1) is 17.0 Å². The van der Waals surface area contributed by atoms with Gasteiger partial charge in [0.15, 0.2) is 9.84 Å². The minimum Gasteiger partial charge on any atom is -0.384 e. The van der Waals surface area contributed by atoms with Crippen molar-refractivity contribution < 1.29 is 8.42 Å². The monoisotopic (exact) mass is 275 g/mol. The number of nitrogens with zero attached hydrogens (tertiary/aromatic N) is 2. The summed E-state index contributed by atoms with van der Waals surface area (Å²) >= 11 is 1.61. The lowest BCUT2D eigenvalue weighted by Crippen LogP contribution is -2.33. The zero-order chi connectivity index (χ0) is 12.7. The molecule has 1 unspecified atom stereocenters. The fraction of sp³-hybridized carbons (Fsp3) is 0.700. The van der Waals surface area contributed by atoms with E-state index in [4.69, 9.17) is 5.73 Å². The predicted octanol–water partition coefficient (Wildman–Crippen LogP) is 1.11. The van der Waals surface area contributed by atoms with E-state index in [1.807, 2.05) is 19.9 Å². The van der Waals surface area contributed by atoms with Crippen LogP contribution in [0.15, 0.2) is 11.1 Å². The van der Waals surface area contributed by atoms with Crippen molar-refractivity contribution in [2.45, 2.75) is 30.8 Å². The molecule has 17 heavy (non-hydrogen) atoms. The third kappa shape index (κ3) is 2.44. The largest absolute Gasteiger partial charge is 0.384 e. The Labute approximate surface area is 106 Å². The number of nitrogens with two attached hydrogens (primary N) is 1. The highest BCUT2D eigenvalue weighted by atomic mass is 32.2. The highest BCUT2D eigenvalue weighted by molar-refractivity contribution is 7.99. The number of nitrogen functional groups attached to an aromatic ring is 1. The van der Waals surface area contributed by atoms with Crippen LogP contribution in [0.25, 0.3) is 0 Å². The van der Waals surface area contributed by atoms with Crippen LogP contribution in [-0.4, -0.2) is 35.5 Å². The fourth-order valence-electron chi connectivity index (χ4n) is 2.18. The maximum absolute atomic E-state index is 11.6. The Kier molecular flexibility index (Phi) is 3.15. The lowest BCUT2D eigenvalue weighted by atomic mass is 10.0. The first-order chi connectivity index (χ1) is 7.86. The van der Waals surface area contributed by atoms with Crippen LogP contribution >= 0.6 is 11.8 Å². The maximum atomic E-state index is 11.6. The van der Waals surface area contributed by atoms with Crippen molar-refractivity contribution in [1.82, 2.24) is 9.78 Å². The van der Waals surface area contributed by atoms with E-state index < -0.39 is 15.4 Å². The van der Waals surface area contributed by atoms with Gasteiger partial charge in [0.1, 0.15) is 10.8 Å². The molecule has 1 saturated heterocycles. The van der Waals surface area contributed by atoms with E-state index in [2.05, 4.69) is 5.10 Å². The summed E-state index contributed by atoms with van der Waals surface area (Å²) in [5.41, 5.74) is 5.43. The normalized spacial score (nSPS) is 27.4. The van der Waals surface area contributed by atoms with Crippen molar-refractivity contribution in [3.05, 3.63) is 6.07 Å². The van der Waals surface area contributed by atoms with Gasteiger partial charge in [0, 0.05) is 6.07 Å². The molecule has 0 aromatic carbocycles. The number of aromatic nitrogens is 2. The van der Waals surface area contributed by atoms with Crippen molar-refractivity contribution in [3.8, 4) is 0 Å². The number of thioether (sulfide) groups is 1. The number of hydrogen-bond acceptors (Lipinski definition) is 5. The summed E-state index contributed by atoms with van der Waals surface area (Å²) in [6.07, 6.45) is 0.581. The second kappa shape index (κ2) is 4.20. The molecule has 2 N–H and O–H groups in total. The van der Waals surface area contributed by atoms with Gasteiger partial charge in [-0.2, -0.15) is 5.10 Å². The Balaban J connectivity index is 2.34. The van der Waals surface area contributed by atoms with Gasteiger partial charge in [0.2, 0.25) is 0 Å². The minimum absolute atomic E-state index is 0.127. The molecule has 1 aromatic heterocycles. The lowest BCUT2D eigenvalue weighted by molar-refractivity contribution is 0.329. The van der Waals surface area contributed by atoms with E-state index in [0.29, 0.717) is 12.2 Å². The van der Waals surface area contributed by atoms with Gasteiger partial charge in [-0.05, 0) is 19.1 Å². The van der Waals surface area contributed by atoms with Gasteiger partial charge in [-0.3, -0.25) is 0 Å². The molecule has 1 aliphatic rings. The van der Waals surface area contributed by atoms with Gasteiger partial charge in [0.25, 0.3) is 0 Å². The minimum atomic E-state index is -2.95. The van der Waals surface area contributed by atoms with Crippen molar-refractivity contribution in [2.24, 2.45) is 0 Å². The number of anilines is 1. The molecule has 5 nitrogen and oxygen atoms in total. The van der Waals surface area contributed by atoms with E-state index in [9.17, 15) is 8.42 Å². The molecule has 2 heterocycles. The van der Waals surface area contributed by atoms with Crippen LogP contribution in [0.3, 0.4) is 0 Å². The average Bonchev–Trinajstić information content (AvgIpc) is 2.69. The van der Waals surface area contributed by atoms with E-state index in [1.165, 1.54) is 0 Å². The molecule has 0 saturated carbocycles. The van der Waals surface area contributed by atoms with E-state index >= 15 is 0 Å². The topological polar surface area (TPSA) is 78.0 Å². The van der Waals surface area contributed by atoms with Crippen LogP contribution < -0.4 is 5.73 Å². The lowest BCUT2D eigenvalue weighted by Gasteiger charge is -2.23. The van der Waals surface area contributed by atoms with Crippen molar-refractivity contribution in [2.75, 3.05) is 23.0 Å². The second-order valence-corrected chi connectivity index (χ2v) is 8.06. The maximum Gasteiger partial charge on any atom is 0.152 e. The molecular formula is C10H17N3O2S2. The molecule has 96 valence electrons. The molecule has 7 heteroatoms. The predicted molar refractivity (Wildman–Crippen MR) is 70.0 cm³/mol. The van der Waals surface area contributed by atoms with Crippen molar-refractivity contribution in [3.63, 3.8) is 0 Å². The SMILES string of the molecule is CCSc1cc(N)n(C2(C)CCS(=O)(=O)C2)n1. The van der Waals surface area contributed by atoms with Crippen LogP contribution in [-0.2, 0) is 15.4 Å². The van der Waals surface area contributed by atoms with Gasteiger partial charge < -0.3 is 5.73 Å². The molecule has 0 spiro atoms. The zero-order valence-electron chi connectivity index (χ0n) is 10.0. The molecule has 0 amide bonds. The molecule has 1 aromatic rings. The average molecular weight is 275 g/mol.